The summed E-state index contributed by atoms with van der Waals surface area (Å²) in [6, 6.07) is 0. The zero-order valence-corrected chi connectivity index (χ0v) is 35.3. The van der Waals surface area contributed by atoms with Gasteiger partial charge < -0.3 is 4.74 Å². The van der Waals surface area contributed by atoms with Crippen molar-refractivity contribution in [3.63, 3.8) is 0 Å². The van der Waals surface area contributed by atoms with E-state index in [0.29, 0.717) is 16.7 Å². The van der Waals surface area contributed by atoms with Crippen LogP contribution in [0.1, 0.15) is 223 Å². The summed E-state index contributed by atoms with van der Waals surface area (Å²) in [6.45, 7) is 24.6. The van der Waals surface area contributed by atoms with Gasteiger partial charge in [-0.1, -0.05) is 155 Å². The molecule has 4 aliphatic rings. The van der Waals surface area contributed by atoms with Gasteiger partial charge >= 0.3 is 5.97 Å². The zero-order valence-electron chi connectivity index (χ0n) is 35.3. The van der Waals surface area contributed by atoms with E-state index in [4.69, 9.17) is 4.74 Å². The van der Waals surface area contributed by atoms with Gasteiger partial charge in [0.1, 0.15) is 6.10 Å². The second kappa shape index (κ2) is 18.3. The van der Waals surface area contributed by atoms with Gasteiger partial charge in [0, 0.05) is 5.41 Å². The number of esters is 1. The molecule has 0 amide bonds. The molecule has 0 saturated heterocycles. The molecule has 0 aromatic carbocycles. The third-order valence-electron chi connectivity index (χ3n) is 16.0. The molecule has 0 N–H and O–H groups in total. The van der Waals surface area contributed by atoms with Crippen molar-refractivity contribution in [2.45, 2.75) is 229 Å². The lowest BCUT2D eigenvalue weighted by Gasteiger charge is -2.62. The van der Waals surface area contributed by atoms with Crippen LogP contribution in [0.5, 0.6) is 0 Å². The smallest absolute Gasteiger partial charge is 0.309 e. The van der Waals surface area contributed by atoms with E-state index in [2.05, 4.69) is 75.3 Å². The third kappa shape index (κ3) is 9.00. The topological polar surface area (TPSA) is 26.3 Å². The molecule has 2 heteroatoms. The number of hydrogen-bond donors (Lipinski definition) is 0. The molecule has 0 radical (unpaired) electrons. The Morgan fingerprint density at radius 3 is 1.94 bits per heavy atom. The van der Waals surface area contributed by atoms with Crippen molar-refractivity contribution in [1.29, 1.82) is 0 Å². The maximum Gasteiger partial charge on any atom is 0.309 e. The number of carbonyl (C=O) groups is 1. The molecule has 0 spiro atoms. The molecule has 0 aromatic rings. The van der Waals surface area contributed by atoms with Crippen LogP contribution < -0.4 is 0 Å². The first kappa shape index (κ1) is 41.7. The number of unbranched alkanes of at least 4 members (excludes halogenated alkanes) is 10. The minimum atomic E-state index is 0.00531. The lowest BCUT2D eigenvalue weighted by atomic mass is 9.43. The van der Waals surface area contributed by atoms with Gasteiger partial charge in [0.2, 0.25) is 0 Å². The van der Waals surface area contributed by atoms with E-state index in [1.807, 2.05) is 11.1 Å². The van der Waals surface area contributed by atoms with Crippen LogP contribution >= 0.6 is 0 Å². The van der Waals surface area contributed by atoms with Gasteiger partial charge in [-0.15, -0.1) is 0 Å². The van der Waals surface area contributed by atoms with Crippen molar-refractivity contribution in [2.75, 3.05) is 0 Å². The molecule has 4 rings (SSSR count). The van der Waals surface area contributed by atoms with Crippen molar-refractivity contribution in [3.8, 4) is 0 Å². The van der Waals surface area contributed by atoms with Crippen molar-refractivity contribution >= 4 is 5.97 Å². The Labute approximate surface area is 312 Å². The summed E-state index contributed by atoms with van der Waals surface area (Å²) >= 11 is 0. The molecule has 288 valence electrons. The number of fused-ring (bicyclic) bond motifs is 4. The van der Waals surface area contributed by atoms with Crippen LogP contribution in [-0.2, 0) is 9.53 Å². The average molecular weight is 693 g/mol. The standard InChI is InChI=1S/C48H84O2/c1-11-13-15-17-19-21-26-38(27-22-20-18-16-14-12-2)44(49)50-43-32-33-46(8)40-31-35-47(9)39(37(5)25-23-24-36(3)4)30-34-48(47,10)41(40)28-29-42(46)45(43,6)7/h24,37-39,42-43H,11-23,25-35H2,1-10H3/t37-,39-,42?,43?,46-,47+,48+/m1/s1. The van der Waals surface area contributed by atoms with Crippen LogP contribution in [0.3, 0.4) is 0 Å². The van der Waals surface area contributed by atoms with E-state index >= 15 is 0 Å². The van der Waals surface area contributed by atoms with E-state index in [1.54, 1.807) is 0 Å². The summed E-state index contributed by atoms with van der Waals surface area (Å²) < 4.78 is 6.72. The molecular weight excluding hydrogens is 609 g/mol. The highest BCUT2D eigenvalue weighted by Gasteiger charge is 2.63. The first-order chi connectivity index (χ1) is 23.8. The van der Waals surface area contributed by atoms with Crippen LogP contribution in [0.25, 0.3) is 0 Å². The summed E-state index contributed by atoms with van der Waals surface area (Å²) in [4.78, 5) is 14.1. The molecule has 0 aromatic heterocycles. The molecule has 0 bridgehead atoms. The van der Waals surface area contributed by atoms with E-state index in [1.165, 1.54) is 140 Å². The molecule has 2 nitrogen and oxygen atoms in total. The fourth-order valence-corrected chi connectivity index (χ4v) is 12.6. The van der Waals surface area contributed by atoms with Gasteiger partial charge in [-0.3, -0.25) is 4.79 Å². The fraction of sp³-hybridized carbons (Fsp3) is 0.896. The first-order valence-electron chi connectivity index (χ1n) is 22.3. The van der Waals surface area contributed by atoms with Gasteiger partial charge in [-0.2, -0.15) is 0 Å². The molecular formula is C48H84O2. The molecule has 2 fully saturated rings. The molecule has 2 unspecified atom stereocenters. The number of allylic oxidation sites excluding steroid dienone is 4. The van der Waals surface area contributed by atoms with Crippen LogP contribution in [0.15, 0.2) is 22.8 Å². The Kier molecular flexibility index (Phi) is 15.3. The Morgan fingerprint density at radius 1 is 0.740 bits per heavy atom. The van der Waals surface area contributed by atoms with Gasteiger partial charge in [0.15, 0.2) is 0 Å². The van der Waals surface area contributed by atoms with Gasteiger partial charge in [0.05, 0.1) is 5.92 Å². The summed E-state index contributed by atoms with van der Waals surface area (Å²) in [6.07, 6.45) is 32.8. The Hall–Kier alpha value is -1.05. The van der Waals surface area contributed by atoms with Crippen molar-refractivity contribution in [1.82, 2.24) is 0 Å². The number of hydrogen-bond acceptors (Lipinski definition) is 2. The maximum absolute atomic E-state index is 14.1. The lowest BCUT2D eigenvalue weighted by molar-refractivity contribution is -0.175. The summed E-state index contributed by atoms with van der Waals surface area (Å²) in [7, 11) is 0. The van der Waals surface area contributed by atoms with E-state index in [0.717, 1.165) is 31.1 Å². The lowest BCUT2D eigenvalue weighted by Crippen LogP contribution is -2.56. The van der Waals surface area contributed by atoms with Gasteiger partial charge in [0.25, 0.3) is 0 Å². The van der Waals surface area contributed by atoms with Crippen molar-refractivity contribution in [2.24, 2.45) is 45.3 Å². The number of ether oxygens (including phenoxy) is 1. The average Bonchev–Trinajstić information content (AvgIpc) is 3.35. The number of rotatable bonds is 20. The fourth-order valence-electron chi connectivity index (χ4n) is 12.6. The first-order valence-corrected chi connectivity index (χ1v) is 22.3. The summed E-state index contributed by atoms with van der Waals surface area (Å²) in [5.41, 5.74) is 6.21. The van der Waals surface area contributed by atoms with Crippen LogP contribution in [0, 0.1) is 45.3 Å². The normalized spacial score (nSPS) is 32.3. The largest absolute Gasteiger partial charge is 0.462 e. The van der Waals surface area contributed by atoms with Crippen LogP contribution in [-0.4, -0.2) is 12.1 Å². The van der Waals surface area contributed by atoms with Crippen LogP contribution in [0.2, 0.25) is 0 Å². The minimum absolute atomic E-state index is 0.00531. The van der Waals surface area contributed by atoms with Crippen molar-refractivity contribution in [3.05, 3.63) is 22.8 Å². The minimum Gasteiger partial charge on any atom is -0.462 e. The van der Waals surface area contributed by atoms with E-state index in [9.17, 15) is 4.79 Å². The Balaban J connectivity index is 1.44. The number of carbonyl (C=O) groups excluding carboxylic acids is 1. The highest BCUT2D eigenvalue weighted by Crippen LogP contribution is 2.72. The second-order valence-corrected chi connectivity index (χ2v) is 19.8. The van der Waals surface area contributed by atoms with E-state index < -0.39 is 0 Å². The Bertz CT molecular complexity index is 1120. The predicted molar refractivity (Wildman–Crippen MR) is 216 cm³/mol. The SMILES string of the molecule is CCCCCCCCC(CCCCCCCC)C(=O)OC1CC[C@]2(C)C3=C(CCC2C1(C)C)[C@]1(C)CC[C@H]([C@H](C)CCC=C(C)C)[C@]1(C)CC3. The highest BCUT2D eigenvalue weighted by molar-refractivity contribution is 5.72. The molecule has 0 aliphatic heterocycles. The quantitative estimate of drug-likeness (QED) is 0.0721. The van der Waals surface area contributed by atoms with Gasteiger partial charge in [-0.25, -0.2) is 0 Å². The predicted octanol–water partition coefficient (Wildman–Crippen LogP) is 15.1. The zero-order chi connectivity index (χ0) is 36.6. The maximum atomic E-state index is 14.1. The second-order valence-electron chi connectivity index (χ2n) is 19.8. The molecule has 7 atom stereocenters. The Morgan fingerprint density at radius 2 is 1.34 bits per heavy atom. The van der Waals surface area contributed by atoms with Crippen LogP contribution in [0.4, 0.5) is 0 Å². The molecule has 50 heavy (non-hydrogen) atoms. The summed E-state index contributed by atoms with van der Waals surface area (Å²) in [5, 5.41) is 0. The third-order valence-corrected chi connectivity index (χ3v) is 16.0. The van der Waals surface area contributed by atoms with Gasteiger partial charge in [-0.05, 0) is 125 Å². The molecule has 2 saturated carbocycles. The van der Waals surface area contributed by atoms with Crippen molar-refractivity contribution < 1.29 is 9.53 Å². The molecule has 4 aliphatic carbocycles. The van der Waals surface area contributed by atoms with E-state index in [-0.39, 0.29) is 28.8 Å². The molecule has 0 heterocycles. The highest BCUT2D eigenvalue weighted by atomic mass is 16.5. The monoisotopic (exact) mass is 693 g/mol. The summed E-state index contributed by atoms with van der Waals surface area (Å²) in [5.74, 6) is 2.45.